The summed E-state index contributed by atoms with van der Waals surface area (Å²) in [5.74, 6) is -0.931. The van der Waals surface area contributed by atoms with Crippen LogP contribution in [0.1, 0.15) is 43.7 Å². The van der Waals surface area contributed by atoms with Crippen molar-refractivity contribution < 1.29 is 19.0 Å². The molecule has 0 amide bonds. The van der Waals surface area contributed by atoms with Crippen molar-refractivity contribution >= 4 is 39.2 Å². The Morgan fingerprint density at radius 3 is 2.51 bits per heavy atom. The van der Waals surface area contributed by atoms with Crippen LogP contribution in [-0.2, 0) is 9.53 Å². The average molecular weight is 498 g/mol. The monoisotopic (exact) mass is 497 g/mol. The number of nitrogens with zero attached hydrogens (tertiary/aromatic N) is 1. The molecule has 182 valence electrons. The maximum Gasteiger partial charge on any atom is 0.306 e. The minimum Gasteiger partial charge on any atom is -0.481 e. The molecule has 0 unspecified atom stereocenters. The predicted octanol–water partition coefficient (Wildman–Crippen LogP) is 5.63. The van der Waals surface area contributed by atoms with Crippen LogP contribution in [0, 0.1) is 11.7 Å². The van der Waals surface area contributed by atoms with Gasteiger partial charge in [-0.05, 0) is 60.9 Å². The predicted molar refractivity (Wildman–Crippen MR) is 132 cm³/mol. The number of carboxylic acid groups (broad SMARTS) is 1. The normalized spacial score (nSPS) is 16.6. The molecule has 3 heterocycles. The van der Waals surface area contributed by atoms with Crippen molar-refractivity contribution in [2.24, 2.45) is 5.92 Å². The van der Waals surface area contributed by atoms with Crippen LogP contribution in [0.25, 0.3) is 32.8 Å². The van der Waals surface area contributed by atoms with Crippen molar-refractivity contribution in [2.75, 3.05) is 13.2 Å². The molecule has 2 aromatic heterocycles. The van der Waals surface area contributed by atoms with Gasteiger partial charge in [0.2, 0.25) is 0 Å². The Bertz CT molecular complexity index is 1450. The van der Waals surface area contributed by atoms with Crippen LogP contribution in [0.2, 0.25) is 5.02 Å². The lowest BCUT2D eigenvalue weighted by atomic mass is 9.86. The molecule has 9 heteroatoms. The summed E-state index contributed by atoms with van der Waals surface area (Å²) in [5.41, 5.74) is 3.15. The van der Waals surface area contributed by atoms with Gasteiger partial charge in [0, 0.05) is 41.2 Å². The molecule has 2 aromatic carbocycles. The molecule has 6 rings (SSSR count). The number of carboxylic acids is 1. The molecule has 1 saturated carbocycles. The van der Waals surface area contributed by atoms with E-state index in [4.69, 9.17) is 21.4 Å². The van der Waals surface area contributed by atoms with Crippen LogP contribution in [0.5, 0.6) is 0 Å². The number of pyridine rings is 1. The summed E-state index contributed by atoms with van der Waals surface area (Å²) in [5, 5.41) is 17.5. The van der Waals surface area contributed by atoms with Gasteiger partial charge in [-0.3, -0.25) is 14.7 Å². The minimum absolute atomic E-state index is 0.000000000000000444. The molecule has 0 radical (unpaired) electrons. The van der Waals surface area contributed by atoms with Gasteiger partial charge in [-0.2, -0.15) is 5.10 Å². The van der Waals surface area contributed by atoms with Crippen molar-refractivity contribution in [2.45, 2.75) is 38.0 Å². The molecule has 1 aliphatic carbocycles. The number of carbonyl (C=O) groups is 1. The number of halogens is 2. The van der Waals surface area contributed by atoms with Crippen LogP contribution in [0.4, 0.5) is 4.39 Å². The summed E-state index contributed by atoms with van der Waals surface area (Å²) in [6.07, 6.45) is 6.27. The molecule has 0 bridgehead atoms. The largest absolute Gasteiger partial charge is 0.481 e. The van der Waals surface area contributed by atoms with Crippen LogP contribution >= 0.6 is 11.6 Å². The van der Waals surface area contributed by atoms with Gasteiger partial charge in [0.25, 0.3) is 5.56 Å². The average Bonchev–Trinajstić information content (AvgIpc) is 3.27. The molecule has 0 atom stereocenters. The second-order valence-electron chi connectivity index (χ2n) is 9.08. The number of aromatic nitrogens is 3. The van der Waals surface area contributed by atoms with E-state index in [9.17, 15) is 14.0 Å². The first-order valence-electron chi connectivity index (χ1n) is 11.7. The molecule has 1 aliphatic heterocycles. The Morgan fingerprint density at radius 1 is 1.11 bits per heavy atom. The number of benzene rings is 2. The summed E-state index contributed by atoms with van der Waals surface area (Å²) in [6.45, 7) is 1.30. The number of nitrogens with one attached hydrogen (secondary N) is 2. The van der Waals surface area contributed by atoms with Crippen LogP contribution in [0.3, 0.4) is 0 Å². The Hall–Kier alpha value is -3.23. The van der Waals surface area contributed by atoms with E-state index in [0.29, 0.717) is 18.6 Å². The molecule has 0 spiro atoms. The van der Waals surface area contributed by atoms with Gasteiger partial charge in [-0.15, -0.1) is 0 Å². The lowest BCUT2D eigenvalue weighted by Crippen LogP contribution is -2.20. The van der Waals surface area contributed by atoms with Gasteiger partial charge >= 0.3 is 5.97 Å². The van der Waals surface area contributed by atoms with Crippen LogP contribution in [-0.4, -0.2) is 39.5 Å². The Balaban J connectivity index is 0.000000313. The van der Waals surface area contributed by atoms with E-state index in [1.807, 2.05) is 6.07 Å². The van der Waals surface area contributed by atoms with Gasteiger partial charge in [-0.25, -0.2) is 4.39 Å². The zero-order chi connectivity index (χ0) is 24.5. The quantitative estimate of drug-likeness (QED) is 0.340. The Morgan fingerprint density at radius 2 is 1.89 bits per heavy atom. The van der Waals surface area contributed by atoms with Crippen molar-refractivity contribution in [3.05, 3.63) is 63.4 Å². The SMILES string of the molecule is O=C(O)C1CCC1.O=c1[nH]c(C2CCOCC2)c(-c2ccc(F)c(Cl)c2)c2cc3cn[nH]c3cc12. The van der Waals surface area contributed by atoms with E-state index < -0.39 is 11.8 Å². The lowest BCUT2D eigenvalue weighted by Gasteiger charge is -2.25. The molecule has 7 nitrogen and oxygen atoms in total. The number of ether oxygens (including phenoxy) is 1. The summed E-state index contributed by atoms with van der Waals surface area (Å²) in [6, 6.07) is 8.44. The minimum atomic E-state index is -0.619. The summed E-state index contributed by atoms with van der Waals surface area (Å²) < 4.78 is 19.3. The first kappa shape index (κ1) is 23.5. The number of hydrogen-bond acceptors (Lipinski definition) is 4. The molecule has 4 aromatic rings. The third-order valence-corrected chi connectivity index (χ3v) is 7.19. The molecular weight excluding hydrogens is 473 g/mol. The molecule has 2 aliphatic rings. The highest BCUT2D eigenvalue weighted by Gasteiger charge is 2.25. The Labute approximate surface area is 205 Å². The fraction of sp³-hybridized carbons (Fsp3) is 0.346. The first-order chi connectivity index (χ1) is 16.9. The topological polar surface area (TPSA) is 108 Å². The molecule has 3 N–H and O–H groups in total. The van der Waals surface area contributed by atoms with Gasteiger partial charge in [0.05, 0.1) is 22.7 Å². The number of fused-ring (bicyclic) bond motifs is 2. The number of rotatable bonds is 3. The fourth-order valence-corrected chi connectivity index (χ4v) is 4.87. The zero-order valence-electron chi connectivity index (χ0n) is 18.9. The van der Waals surface area contributed by atoms with E-state index in [1.54, 1.807) is 24.4 Å². The number of hydrogen-bond donors (Lipinski definition) is 3. The summed E-state index contributed by atoms with van der Waals surface area (Å²) >= 11 is 6.08. The fourth-order valence-electron chi connectivity index (χ4n) is 4.69. The number of aromatic amines is 2. The van der Waals surface area contributed by atoms with Gasteiger partial charge < -0.3 is 14.8 Å². The standard InChI is InChI=1S/C21H17ClFN3O2.C5H8O2/c22-16-8-12(1-2-17(16)23)19-14-7-13-10-24-26-18(13)9-15(14)21(27)25-20(19)11-3-5-28-6-4-11;6-5(7)4-2-1-3-4/h1-2,7-11H,3-6H2,(H,24,26)(H,25,27);4H,1-3H2,(H,6,7). The second-order valence-corrected chi connectivity index (χ2v) is 9.49. The first-order valence-corrected chi connectivity index (χ1v) is 12.1. The highest BCUT2D eigenvalue weighted by atomic mass is 35.5. The van der Waals surface area contributed by atoms with Crippen molar-refractivity contribution in [3.8, 4) is 11.1 Å². The van der Waals surface area contributed by atoms with Crippen molar-refractivity contribution in [1.29, 1.82) is 0 Å². The zero-order valence-corrected chi connectivity index (χ0v) is 19.7. The third kappa shape index (κ3) is 4.68. The van der Waals surface area contributed by atoms with E-state index in [-0.39, 0.29) is 22.4 Å². The summed E-state index contributed by atoms with van der Waals surface area (Å²) in [7, 11) is 0. The molecule has 35 heavy (non-hydrogen) atoms. The maximum absolute atomic E-state index is 13.8. The van der Waals surface area contributed by atoms with Crippen LogP contribution < -0.4 is 5.56 Å². The smallest absolute Gasteiger partial charge is 0.306 e. The molecule has 1 saturated heterocycles. The van der Waals surface area contributed by atoms with E-state index >= 15 is 0 Å². The van der Waals surface area contributed by atoms with Crippen LogP contribution in [0.15, 0.2) is 41.3 Å². The van der Waals surface area contributed by atoms with E-state index in [2.05, 4.69) is 15.2 Å². The Kier molecular flexibility index (Phi) is 6.58. The highest BCUT2D eigenvalue weighted by molar-refractivity contribution is 6.31. The van der Waals surface area contributed by atoms with Gasteiger partial charge in [0.1, 0.15) is 5.82 Å². The third-order valence-electron chi connectivity index (χ3n) is 6.90. The lowest BCUT2D eigenvalue weighted by molar-refractivity contribution is -0.144. The number of aliphatic carboxylic acids is 1. The molecule has 2 fully saturated rings. The second kappa shape index (κ2) is 9.79. The van der Waals surface area contributed by atoms with Gasteiger partial charge in [0.15, 0.2) is 0 Å². The summed E-state index contributed by atoms with van der Waals surface area (Å²) in [4.78, 5) is 26.0. The van der Waals surface area contributed by atoms with Crippen molar-refractivity contribution in [3.63, 3.8) is 0 Å². The molecular formula is C26H25ClFN3O4. The van der Waals surface area contributed by atoms with Crippen molar-refractivity contribution in [1.82, 2.24) is 15.2 Å². The van der Waals surface area contributed by atoms with E-state index in [1.165, 1.54) is 6.07 Å². The van der Waals surface area contributed by atoms with E-state index in [0.717, 1.165) is 65.2 Å². The maximum atomic E-state index is 13.8. The highest BCUT2D eigenvalue weighted by Crippen LogP contribution is 2.39. The number of H-pyrrole nitrogens is 2. The van der Waals surface area contributed by atoms with Gasteiger partial charge in [-0.1, -0.05) is 24.1 Å².